The van der Waals surface area contributed by atoms with Gasteiger partial charge in [-0.3, -0.25) is 0 Å². The van der Waals surface area contributed by atoms with E-state index in [0.29, 0.717) is 5.92 Å². The number of thiazole rings is 1. The van der Waals surface area contributed by atoms with Crippen LogP contribution >= 0.6 is 11.3 Å². The van der Waals surface area contributed by atoms with E-state index in [2.05, 4.69) is 57.3 Å². The monoisotopic (exact) mass is 274 g/mol. The Labute approximate surface area is 119 Å². The zero-order chi connectivity index (χ0) is 13.8. The van der Waals surface area contributed by atoms with E-state index in [0.717, 1.165) is 18.1 Å². The number of aryl methyl sites for hydroxylation is 1. The maximum atomic E-state index is 4.87. The Morgan fingerprint density at radius 3 is 2.63 bits per heavy atom. The van der Waals surface area contributed by atoms with Crippen LogP contribution < -0.4 is 5.32 Å². The molecule has 1 heterocycles. The zero-order valence-electron chi connectivity index (χ0n) is 12.2. The molecule has 0 amide bonds. The summed E-state index contributed by atoms with van der Waals surface area (Å²) in [6.07, 6.45) is 0. The summed E-state index contributed by atoms with van der Waals surface area (Å²) in [5.74, 6) is 0.475. The number of benzene rings is 1. The van der Waals surface area contributed by atoms with Gasteiger partial charge in [-0.05, 0) is 24.9 Å². The van der Waals surface area contributed by atoms with Crippen molar-refractivity contribution < 1.29 is 0 Å². The van der Waals surface area contributed by atoms with Crippen LogP contribution in [-0.4, -0.2) is 11.5 Å². The standard InChI is InChI=1S/C16H22N2S/c1-5-17-10-14-15(11(2)3)18-16(19-14)13-9-7-6-8-12(13)4/h6-9,11,17H,5,10H2,1-4H3. The molecule has 0 unspecified atom stereocenters. The second-order valence-electron chi connectivity index (χ2n) is 5.08. The normalized spacial score (nSPS) is 11.2. The fraction of sp³-hybridized carbons (Fsp3) is 0.438. The van der Waals surface area contributed by atoms with Gasteiger partial charge in [0, 0.05) is 17.0 Å². The molecule has 2 aromatic rings. The Morgan fingerprint density at radius 2 is 2.00 bits per heavy atom. The van der Waals surface area contributed by atoms with Gasteiger partial charge in [0.15, 0.2) is 0 Å². The predicted octanol–water partition coefficient (Wildman–Crippen LogP) is 4.35. The van der Waals surface area contributed by atoms with E-state index in [1.54, 1.807) is 0 Å². The topological polar surface area (TPSA) is 24.9 Å². The van der Waals surface area contributed by atoms with Crippen molar-refractivity contribution in [2.75, 3.05) is 6.54 Å². The lowest BCUT2D eigenvalue weighted by molar-refractivity contribution is 0.714. The van der Waals surface area contributed by atoms with Crippen LogP contribution in [0.15, 0.2) is 24.3 Å². The highest BCUT2D eigenvalue weighted by Gasteiger charge is 2.15. The Hall–Kier alpha value is -1.19. The summed E-state index contributed by atoms with van der Waals surface area (Å²) >= 11 is 1.82. The first-order valence-electron chi connectivity index (χ1n) is 6.89. The van der Waals surface area contributed by atoms with Crippen molar-refractivity contribution >= 4 is 11.3 Å². The fourth-order valence-corrected chi connectivity index (χ4v) is 3.38. The van der Waals surface area contributed by atoms with Crippen molar-refractivity contribution in [1.29, 1.82) is 0 Å². The molecule has 0 radical (unpaired) electrons. The summed E-state index contributed by atoms with van der Waals surface area (Å²) in [5.41, 5.74) is 3.79. The Morgan fingerprint density at radius 1 is 1.26 bits per heavy atom. The van der Waals surface area contributed by atoms with Crippen molar-refractivity contribution in [3.8, 4) is 10.6 Å². The second kappa shape index (κ2) is 6.31. The average Bonchev–Trinajstić information content (AvgIpc) is 2.81. The lowest BCUT2D eigenvalue weighted by Crippen LogP contribution is -2.12. The lowest BCUT2D eigenvalue weighted by atomic mass is 10.1. The first-order chi connectivity index (χ1) is 9.13. The molecule has 3 heteroatoms. The van der Waals surface area contributed by atoms with E-state index in [-0.39, 0.29) is 0 Å². The predicted molar refractivity (Wildman–Crippen MR) is 83.8 cm³/mol. The highest BCUT2D eigenvalue weighted by atomic mass is 32.1. The van der Waals surface area contributed by atoms with Gasteiger partial charge in [-0.25, -0.2) is 4.98 Å². The van der Waals surface area contributed by atoms with Gasteiger partial charge in [0.25, 0.3) is 0 Å². The van der Waals surface area contributed by atoms with Gasteiger partial charge in [0.2, 0.25) is 0 Å². The molecule has 0 atom stereocenters. The zero-order valence-corrected chi connectivity index (χ0v) is 13.0. The third kappa shape index (κ3) is 3.23. The molecule has 0 fully saturated rings. The van der Waals surface area contributed by atoms with Gasteiger partial charge in [-0.15, -0.1) is 11.3 Å². The summed E-state index contributed by atoms with van der Waals surface area (Å²) in [5, 5.41) is 4.56. The summed E-state index contributed by atoms with van der Waals surface area (Å²) < 4.78 is 0. The maximum absolute atomic E-state index is 4.87. The number of hydrogen-bond acceptors (Lipinski definition) is 3. The van der Waals surface area contributed by atoms with Crippen LogP contribution in [0.5, 0.6) is 0 Å². The molecule has 0 aliphatic carbocycles. The molecule has 1 aromatic heterocycles. The molecule has 1 N–H and O–H groups in total. The summed E-state index contributed by atoms with van der Waals surface area (Å²) in [6, 6.07) is 8.48. The first-order valence-corrected chi connectivity index (χ1v) is 7.71. The molecule has 2 rings (SSSR count). The van der Waals surface area contributed by atoms with Gasteiger partial charge in [0.05, 0.1) is 5.69 Å². The van der Waals surface area contributed by atoms with E-state index in [1.807, 2.05) is 11.3 Å². The van der Waals surface area contributed by atoms with Crippen molar-refractivity contribution in [2.45, 2.75) is 40.2 Å². The van der Waals surface area contributed by atoms with Crippen LogP contribution in [0.4, 0.5) is 0 Å². The van der Waals surface area contributed by atoms with Crippen LogP contribution in [0.2, 0.25) is 0 Å². The second-order valence-corrected chi connectivity index (χ2v) is 6.16. The number of nitrogens with zero attached hydrogens (tertiary/aromatic N) is 1. The molecule has 1 aromatic carbocycles. The molecule has 102 valence electrons. The Bertz CT molecular complexity index is 543. The summed E-state index contributed by atoms with van der Waals surface area (Å²) in [6.45, 7) is 10.6. The van der Waals surface area contributed by atoms with Crippen LogP contribution in [-0.2, 0) is 6.54 Å². The van der Waals surface area contributed by atoms with Crippen LogP contribution in [0, 0.1) is 6.92 Å². The molecule has 0 bridgehead atoms. The fourth-order valence-electron chi connectivity index (χ4n) is 2.11. The highest BCUT2D eigenvalue weighted by molar-refractivity contribution is 7.15. The molecule has 2 nitrogen and oxygen atoms in total. The van der Waals surface area contributed by atoms with Gasteiger partial charge in [-0.1, -0.05) is 45.0 Å². The van der Waals surface area contributed by atoms with Gasteiger partial charge >= 0.3 is 0 Å². The smallest absolute Gasteiger partial charge is 0.124 e. The van der Waals surface area contributed by atoms with Crippen molar-refractivity contribution in [1.82, 2.24) is 10.3 Å². The number of nitrogens with one attached hydrogen (secondary N) is 1. The Balaban J connectivity index is 2.40. The molecule has 0 aliphatic heterocycles. The lowest BCUT2D eigenvalue weighted by Gasteiger charge is -2.04. The first kappa shape index (κ1) is 14.2. The van der Waals surface area contributed by atoms with Gasteiger partial charge in [-0.2, -0.15) is 0 Å². The van der Waals surface area contributed by atoms with Crippen LogP contribution in [0.1, 0.15) is 42.8 Å². The van der Waals surface area contributed by atoms with Gasteiger partial charge in [0.1, 0.15) is 5.01 Å². The molecular weight excluding hydrogens is 252 g/mol. The minimum absolute atomic E-state index is 0.475. The summed E-state index contributed by atoms with van der Waals surface area (Å²) in [4.78, 5) is 6.24. The third-order valence-electron chi connectivity index (χ3n) is 3.19. The largest absolute Gasteiger partial charge is 0.312 e. The molecule has 0 saturated heterocycles. The number of aromatic nitrogens is 1. The molecule has 0 aliphatic rings. The van der Waals surface area contributed by atoms with Crippen LogP contribution in [0.25, 0.3) is 10.6 Å². The minimum Gasteiger partial charge on any atom is -0.312 e. The highest BCUT2D eigenvalue weighted by Crippen LogP contribution is 2.33. The van der Waals surface area contributed by atoms with E-state index >= 15 is 0 Å². The molecular formula is C16H22N2S. The van der Waals surface area contributed by atoms with E-state index in [4.69, 9.17) is 4.98 Å². The summed E-state index contributed by atoms with van der Waals surface area (Å²) in [7, 11) is 0. The Kier molecular flexibility index (Phi) is 4.72. The maximum Gasteiger partial charge on any atom is 0.124 e. The van der Waals surface area contributed by atoms with Crippen molar-refractivity contribution in [3.63, 3.8) is 0 Å². The molecule has 19 heavy (non-hydrogen) atoms. The van der Waals surface area contributed by atoms with E-state index in [9.17, 15) is 0 Å². The van der Waals surface area contributed by atoms with Crippen molar-refractivity contribution in [2.24, 2.45) is 0 Å². The minimum atomic E-state index is 0.475. The van der Waals surface area contributed by atoms with E-state index in [1.165, 1.54) is 21.7 Å². The average molecular weight is 274 g/mol. The molecule has 0 spiro atoms. The number of hydrogen-bond donors (Lipinski definition) is 1. The quantitative estimate of drug-likeness (QED) is 0.876. The SMILES string of the molecule is CCNCc1sc(-c2ccccc2C)nc1C(C)C. The molecule has 0 saturated carbocycles. The van der Waals surface area contributed by atoms with Gasteiger partial charge < -0.3 is 5.32 Å². The van der Waals surface area contributed by atoms with E-state index < -0.39 is 0 Å². The van der Waals surface area contributed by atoms with Crippen molar-refractivity contribution in [3.05, 3.63) is 40.4 Å². The third-order valence-corrected chi connectivity index (χ3v) is 4.29. The number of rotatable bonds is 5. The van der Waals surface area contributed by atoms with Crippen LogP contribution in [0.3, 0.4) is 0 Å².